The first-order chi connectivity index (χ1) is 9.76. The third-order valence-corrected chi connectivity index (χ3v) is 3.26. The lowest BCUT2D eigenvalue weighted by Gasteiger charge is -2.20. The SMILES string of the molecule is CN[C@@H](CC(F)(F)F)C(=O)NC(C#N)CC1CCNC1=O. The highest BCUT2D eigenvalue weighted by Crippen LogP contribution is 2.22. The summed E-state index contributed by atoms with van der Waals surface area (Å²) in [7, 11) is 1.24. The molecule has 1 aliphatic heterocycles. The molecule has 1 fully saturated rings. The van der Waals surface area contributed by atoms with Gasteiger partial charge in [0.1, 0.15) is 6.04 Å². The van der Waals surface area contributed by atoms with Gasteiger partial charge >= 0.3 is 6.18 Å². The normalized spacial score (nSPS) is 21.3. The Morgan fingerprint density at radius 1 is 1.57 bits per heavy atom. The predicted molar refractivity (Wildman–Crippen MR) is 66.8 cm³/mol. The van der Waals surface area contributed by atoms with E-state index >= 15 is 0 Å². The van der Waals surface area contributed by atoms with E-state index in [1.54, 1.807) is 6.07 Å². The molecule has 118 valence electrons. The van der Waals surface area contributed by atoms with Gasteiger partial charge in [-0.2, -0.15) is 18.4 Å². The minimum absolute atomic E-state index is 0.0938. The van der Waals surface area contributed by atoms with Crippen molar-refractivity contribution in [2.24, 2.45) is 5.92 Å². The standard InChI is InChI=1S/C12H17F3N4O2/c1-17-9(5-12(13,14)15)11(21)19-8(6-16)4-7-2-3-18-10(7)20/h7-9,17H,2-5H2,1H3,(H,18,20)(H,19,21)/t7?,8?,9-/m0/s1. The van der Waals surface area contributed by atoms with Crippen molar-refractivity contribution in [1.29, 1.82) is 5.26 Å². The zero-order valence-electron chi connectivity index (χ0n) is 11.5. The van der Waals surface area contributed by atoms with Crippen LogP contribution in [0.15, 0.2) is 0 Å². The van der Waals surface area contributed by atoms with Gasteiger partial charge in [0, 0.05) is 12.5 Å². The van der Waals surface area contributed by atoms with Crippen LogP contribution in [-0.2, 0) is 9.59 Å². The van der Waals surface area contributed by atoms with Gasteiger partial charge in [0.25, 0.3) is 0 Å². The number of nitrogens with zero attached hydrogens (tertiary/aromatic N) is 1. The average molecular weight is 306 g/mol. The highest BCUT2D eigenvalue weighted by Gasteiger charge is 2.36. The van der Waals surface area contributed by atoms with E-state index in [9.17, 15) is 22.8 Å². The predicted octanol–water partition coefficient (Wildman–Crippen LogP) is 0.0614. The fourth-order valence-corrected chi connectivity index (χ4v) is 2.13. The third-order valence-electron chi connectivity index (χ3n) is 3.26. The molecule has 6 nitrogen and oxygen atoms in total. The Balaban J connectivity index is 2.57. The number of alkyl halides is 3. The zero-order valence-corrected chi connectivity index (χ0v) is 11.5. The van der Waals surface area contributed by atoms with E-state index in [4.69, 9.17) is 5.26 Å². The molecule has 21 heavy (non-hydrogen) atoms. The molecule has 9 heteroatoms. The molecule has 0 aromatic carbocycles. The monoisotopic (exact) mass is 306 g/mol. The maximum Gasteiger partial charge on any atom is 0.391 e. The molecular weight excluding hydrogens is 289 g/mol. The Morgan fingerprint density at radius 3 is 2.67 bits per heavy atom. The molecule has 2 unspecified atom stereocenters. The van der Waals surface area contributed by atoms with Crippen LogP contribution >= 0.6 is 0 Å². The smallest absolute Gasteiger partial charge is 0.356 e. The molecule has 0 aromatic heterocycles. The molecular formula is C12H17F3N4O2. The Morgan fingerprint density at radius 2 is 2.24 bits per heavy atom. The van der Waals surface area contributed by atoms with Gasteiger partial charge in [-0.1, -0.05) is 0 Å². The maximum atomic E-state index is 12.3. The van der Waals surface area contributed by atoms with Crippen molar-refractivity contribution < 1.29 is 22.8 Å². The number of rotatable bonds is 6. The van der Waals surface area contributed by atoms with E-state index in [1.165, 1.54) is 7.05 Å². The summed E-state index contributed by atoms with van der Waals surface area (Å²) in [4.78, 5) is 23.1. The first kappa shape index (κ1) is 17.2. The van der Waals surface area contributed by atoms with Crippen LogP contribution in [0.2, 0.25) is 0 Å². The molecule has 0 radical (unpaired) electrons. The van der Waals surface area contributed by atoms with E-state index in [-0.39, 0.29) is 12.3 Å². The number of nitrogens with one attached hydrogen (secondary N) is 3. The lowest BCUT2D eigenvalue weighted by molar-refractivity contribution is -0.149. The molecule has 1 heterocycles. The van der Waals surface area contributed by atoms with Crippen molar-refractivity contribution >= 4 is 11.8 Å². The second kappa shape index (κ2) is 7.26. The second-order valence-corrected chi connectivity index (χ2v) is 4.86. The van der Waals surface area contributed by atoms with Crippen molar-refractivity contribution in [2.75, 3.05) is 13.6 Å². The molecule has 1 aliphatic rings. The number of nitriles is 1. The Hall–Kier alpha value is -1.82. The average Bonchev–Trinajstić information content (AvgIpc) is 2.79. The number of carbonyl (C=O) groups excluding carboxylic acids is 2. The summed E-state index contributed by atoms with van der Waals surface area (Å²) in [5.41, 5.74) is 0. The lowest BCUT2D eigenvalue weighted by atomic mass is 9.99. The fourth-order valence-electron chi connectivity index (χ4n) is 2.13. The van der Waals surface area contributed by atoms with Crippen molar-refractivity contribution in [1.82, 2.24) is 16.0 Å². The van der Waals surface area contributed by atoms with Gasteiger partial charge in [0.2, 0.25) is 11.8 Å². The third kappa shape index (κ3) is 5.59. The minimum Gasteiger partial charge on any atom is -0.356 e. The quantitative estimate of drug-likeness (QED) is 0.647. The largest absolute Gasteiger partial charge is 0.391 e. The molecule has 3 N–H and O–H groups in total. The van der Waals surface area contributed by atoms with E-state index in [2.05, 4.69) is 16.0 Å². The topological polar surface area (TPSA) is 94.0 Å². The lowest BCUT2D eigenvalue weighted by Crippen LogP contribution is -2.48. The van der Waals surface area contributed by atoms with E-state index in [0.717, 1.165) is 0 Å². The summed E-state index contributed by atoms with van der Waals surface area (Å²) >= 11 is 0. The highest BCUT2D eigenvalue weighted by atomic mass is 19.4. The number of carbonyl (C=O) groups is 2. The van der Waals surface area contributed by atoms with Gasteiger partial charge in [-0.15, -0.1) is 0 Å². The summed E-state index contributed by atoms with van der Waals surface area (Å²) in [6, 6.07) is -0.649. The molecule has 2 amide bonds. The van der Waals surface area contributed by atoms with Crippen molar-refractivity contribution in [2.45, 2.75) is 37.5 Å². The van der Waals surface area contributed by atoms with E-state index in [1.807, 2.05) is 0 Å². The van der Waals surface area contributed by atoms with Crippen LogP contribution in [-0.4, -0.2) is 43.7 Å². The van der Waals surface area contributed by atoms with Gasteiger partial charge in [0.05, 0.1) is 18.5 Å². The maximum absolute atomic E-state index is 12.3. The number of hydrogen-bond donors (Lipinski definition) is 3. The van der Waals surface area contributed by atoms with Gasteiger partial charge in [-0.3, -0.25) is 9.59 Å². The minimum atomic E-state index is -4.49. The molecule has 0 bridgehead atoms. The van der Waals surface area contributed by atoms with Crippen molar-refractivity contribution in [3.8, 4) is 6.07 Å². The summed E-state index contributed by atoms with van der Waals surface area (Å²) in [5, 5.41) is 16.1. The zero-order chi connectivity index (χ0) is 16.0. The first-order valence-electron chi connectivity index (χ1n) is 6.48. The van der Waals surface area contributed by atoms with E-state index < -0.39 is 36.5 Å². The van der Waals surface area contributed by atoms with Crippen LogP contribution in [0.1, 0.15) is 19.3 Å². The Bertz CT molecular complexity index is 433. The molecule has 0 spiro atoms. The Kier molecular flexibility index (Phi) is 5.96. The highest BCUT2D eigenvalue weighted by molar-refractivity contribution is 5.83. The summed E-state index contributed by atoms with van der Waals surface area (Å²) < 4.78 is 36.9. The van der Waals surface area contributed by atoms with Crippen LogP contribution < -0.4 is 16.0 Å². The molecule has 1 rings (SSSR count). The van der Waals surface area contributed by atoms with Gasteiger partial charge < -0.3 is 16.0 Å². The first-order valence-corrected chi connectivity index (χ1v) is 6.48. The van der Waals surface area contributed by atoms with Crippen LogP contribution in [0, 0.1) is 17.2 Å². The van der Waals surface area contributed by atoms with Crippen molar-refractivity contribution in [3.63, 3.8) is 0 Å². The summed E-state index contributed by atoms with van der Waals surface area (Å²) in [5.74, 6) is -1.50. The molecule has 0 aromatic rings. The summed E-state index contributed by atoms with van der Waals surface area (Å²) in [6.07, 6.45) is -5.17. The van der Waals surface area contributed by atoms with Crippen LogP contribution in [0.5, 0.6) is 0 Å². The number of halogens is 3. The molecule has 1 saturated heterocycles. The van der Waals surface area contributed by atoms with Gasteiger partial charge in [-0.05, 0) is 19.9 Å². The molecule has 0 aliphatic carbocycles. The van der Waals surface area contributed by atoms with Crippen LogP contribution in [0.3, 0.4) is 0 Å². The molecule has 3 atom stereocenters. The van der Waals surface area contributed by atoms with Crippen LogP contribution in [0.4, 0.5) is 13.2 Å². The Labute approximate surface area is 120 Å². The number of likely N-dealkylation sites (N-methyl/N-ethyl adjacent to an activating group) is 1. The fraction of sp³-hybridized carbons (Fsp3) is 0.750. The van der Waals surface area contributed by atoms with Gasteiger partial charge in [0.15, 0.2) is 0 Å². The van der Waals surface area contributed by atoms with E-state index in [0.29, 0.717) is 13.0 Å². The second-order valence-electron chi connectivity index (χ2n) is 4.86. The van der Waals surface area contributed by atoms with Crippen molar-refractivity contribution in [3.05, 3.63) is 0 Å². The van der Waals surface area contributed by atoms with Gasteiger partial charge in [-0.25, -0.2) is 0 Å². The number of hydrogen-bond acceptors (Lipinski definition) is 4. The summed E-state index contributed by atoms with van der Waals surface area (Å²) in [6.45, 7) is 0.503. The van der Waals surface area contributed by atoms with Crippen LogP contribution in [0.25, 0.3) is 0 Å². The molecule has 0 saturated carbocycles. The number of amides is 2.